The minimum absolute atomic E-state index is 0. The van der Waals surface area contributed by atoms with E-state index in [2.05, 4.69) is 0 Å². The molecule has 0 amide bonds. The van der Waals surface area contributed by atoms with Crippen LogP contribution in [0.2, 0.25) is 0 Å². The molecule has 0 aromatic heterocycles. The summed E-state index contributed by atoms with van der Waals surface area (Å²) >= 11 is -3.76. The molecule has 0 bridgehead atoms. The Kier molecular flexibility index (Phi) is 38.3. The van der Waals surface area contributed by atoms with Crippen LogP contribution in [0, 0.1) is 0 Å². The van der Waals surface area contributed by atoms with Crippen LogP contribution in [-0.2, 0) is 17.1 Å². The first-order chi connectivity index (χ1) is 3.46. The Labute approximate surface area is 106 Å². The van der Waals surface area contributed by atoms with Gasteiger partial charge in [0.1, 0.15) is 0 Å². The molecule has 0 aliphatic heterocycles. The molecule has 0 aromatic rings. The Morgan fingerprint density at radius 1 is 1.30 bits per heavy atom. The summed E-state index contributed by atoms with van der Waals surface area (Å²) in [6.45, 7) is 0. The molecule has 0 saturated carbocycles. The molecule has 9 heteroatoms. The summed E-state index contributed by atoms with van der Waals surface area (Å²) in [5.74, 6) is 0. The van der Waals surface area contributed by atoms with E-state index in [9.17, 15) is 0 Å². The Morgan fingerprint density at radius 3 is 1.30 bits per heavy atom. The van der Waals surface area contributed by atoms with Crippen LogP contribution in [0.1, 0.15) is 0 Å². The minimum atomic E-state index is -3.76. The number of carbonyl (C=O) groups is 1. The average molecular weight is 335 g/mol. The van der Waals surface area contributed by atoms with Crippen LogP contribution >= 0.6 is 0 Å². The molecule has 0 aliphatic carbocycles. The molecule has 3 N–H and O–H groups in total. The molecule has 0 unspecified atom stereocenters. The third-order valence-electron chi connectivity index (χ3n) is 0. The maximum absolute atomic E-state index is 8.68. The van der Waals surface area contributed by atoms with Crippen molar-refractivity contribution < 1.29 is 63.4 Å². The van der Waals surface area contributed by atoms with Crippen molar-refractivity contribution >= 4 is 43.9 Å². The Morgan fingerprint density at radius 2 is 1.30 bits per heavy atom. The van der Waals surface area contributed by atoms with Gasteiger partial charge in [-0.2, -0.15) is 0 Å². The second-order valence-corrected chi connectivity index (χ2v) is 1.63. The van der Waals surface area contributed by atoms with Gasteiger partial charge in [-0.15, -0.1) is 0 Å². The molecule has 61 valence electrons. The molecule has 0 aliphatic rings. The van der Waals surface area contributed by atoms with Crippen molar-refractivity contribution in [3.8, 4) is 0 Å². The van der Waals surface area contributed by atoms with Crippen molar-refractivity contribution in [1.82, 2.24) is 0 Å². The van der Waals surface area contributed by atoms with Crippen molar-refractivity contribution in [1.29, 1.82) is 0 Å². The first-order valence-electron chi connectivity index (χ1n) is 1.13. The van der Waals surface area contributed by atoms with E-state index < -0.39 is 27.2 Å². The molecule has 6 nitrogen and oxygen atoms in total. The van der Waals surface area contributed by atoms with E-state index in [0.717, 1.165) is 0 Å². The zero-order valence-corrected chi connectivity index (χ0v) is 7.16. The van der Waals surface area contributed by atoms with Gasteiger partial charge in [0.05, 0.1) is 0 Å². The smallest absolute Gasteiger partial charge is 0.396 e. The van der Waals surface area contributed by atoms with E-state index in [1.54, 1.807) is 0 Å². The topological polar surface area (TPSA) is 124 Å². The third kappa shape index (κ3) is 263. The largest absolute Gasteiger partial charge is 0.503 e. The normalized spacial score (nSPS) is 6.00. The van der Waals surface area contributed by atoms with Crippen LogP contribution in [0.25, 0.3) is 0 Å². The van der Waals surface area contributed by atoms with Crippen LogP contribution in [0.15, 0.2) is 0 Å². The number of halogens is 1. The van der Waals surface area contributed by atoms with Crippen LogP contribution in [0.5, 0.6) is 0 Å². The zero-order chi connectivity index (χ0) is 7.15. The second-order valence-electron chi connectivity index (χ2n) is 0.484. The second kappa shape index (κ2) is 17.0. The number of carboxylic acid groups (broad SMARTS) is 2. The predicted octanol–water partition coefficient (Wildman–Crippen LogP) is -6.63. The Balaban J connectivity index is -0.0000000300. The molecule has 10 heavy (non-hydrogen) atoms. The minimum Gasteiger partial charge on any atom is -0.396 e. The molecule has 1 radical (unpaired) electrons. The fraction of sp³-hybridized carbons (Fsp3) is 0. The maximum Gasteiger partial charge on any atom is 0.503 e. The quantitative estimate of drug-likeness (QED) is 0.299. The van der Waals surface area contributed by atoms with Gasteiger partial charge in [0.15, 0.2) is 0 Å². The first kappa shape index (κ1) is 22.6. The van der Waals surface area contributed by atoms with Crippen molar-refractivity contribution in [2.45, 2.75) is 0 Å². The first-order valence-corrected chi connectivity index (χ1v) is 3.86. The Bertz CT molecular complexity index is 62.0. The third-order valence-corrected chi connectivity index (χ3v) is 0. The van der Waals surface area contributed by atoms with Gasteiger partial charge in [0.25, 0.3) is 0 Å². The average Bonchev–Trinajstić information content (AvgIpc) is 1.25. The van der Waals surface area contributed by atoms with Crippen LogP contribution in [0.4, 0.5) is 4.79 Å². The summed E-state index contributed by atoms with van der Waals surface area (Å²) in [6, 6.07) is 0. The van der Waals surface area contributed by atoms with E-state index in [-0.39, 0.29) is 54.8 Å². The molecule has 0 rings (SSSR count). The van der Waals surface area contributed by atoms with Gasteiger partial charge in [0.2, 0.25) is 0 Å². The van der Waals surface area contributed by atoms with Crippen molar-refractivity contribution in [3.63, 3.8) is 0 Å². The van der Waals surface area contributed by atoms with Crippen molar-refractivity contribution in [3.05, 3.63) is 0 Å². The molecule has 0 spiro atoms. The van der Waals surface area contributed by atoms with E-state index in [0.29, 0.717) is 0 Å². The maximum atomic E-state index is 8.68. The van der Waals surface area contributed by atoms with Crippen molar-refractivity contribution in [2.75, 3.05) is 0 Å². The van der Waals surface area contributed by atoms with Gasteiger partial charge in [-0.05, 0) is 3.44 Å². The van der Waals surface area contributed by atoms with Gasteiger partial charge >= 0.3 is 65.0 Å². The molecule has 0 fully saturated rings. The number of hydrogen-bond acceptors (Lipinski definition) is 4. The molecular weight excluding hydrogens is 330 g/mol. The summed E-state index contributed by atoms with van der Waals surface area (Å²) < 4.78 is 24.5. The van der Waals surface area contributed by atoms with Gasteiger partial charge in [-0.3, -0.25) is 0 Å². The summed E-state index contributed by atoms with van der Waals surface area (Å²) in [6.07, 6.45) is -1.83. The summed E-state index contributed by atoms with van der Waals surface area (Å²) in [5, 5.41) is 13.9. The summed E-state index contributed by atoms with van der Waals surface area (Å²) in [7, 11) is 0. The monoisotopic (exact) mass is 335 g/mol. The fourth-order valence-electron chi connectivity index (χ4n) is 0. The van der Waals surface area contributed by atoms with E-state index >= 15 is 0 Å². The SMILES string of the molecule is O=C(O)O.[CaH2].[Mn].[O-][I+2]([O-])O. The molecule has 0 saturated heterocycles. The Hall–Kier alpha value is 1.66. The van der Waals surface area contributed by atoms with Crippen LogP contribution in [-0.4, -0.2) is 57.5 Å². The number of hydrogen-bond donors (Lipinski definition) is 3. The van der Waals surface area contributed by atoms with Crippen molar-refractivity contribution in [2.24, 2.45) is 0 Å². The predicted molar refractivity (Wildman–Crippen MR) is 21.4 cm³/mol. The summed E-state index contributed by atoms with van der Waals surface area (Å²) in [5.41, 5.74) is 0. The number of rotatable bonds is 0. The molecule has 0 aromatic carbocycles. The standard InChI is InChI=1S/CH2O3.Ca.HIO3.Mn.2H/c2-1(3)4;;2-1(3)4;;;/h(H2,2,3,4);;2H;;;. The van der Waals surface area contributed by atoms with E-state index in [1.807, 2.05) is 0 Å². The van der Waals surface area contributed by atoms with Crippen LogP contribution in [0.3, 0.4) is 0 Å². The van der Waals surface area contributed by atoms with Gasteiger partial charge in [-0.25, -0.2) is 4.79 Å². The van der Waals surface area contributed by atoms with Crippen LogP contribution < -0.4 is 27.9 Å². The van der Waals surface area contributed by atoms with Gasteiger partial charge in [0, 0.05) is 17.1 Å². The fourth-order valence-corrected chi connectivity index (χ4v) is 0. The molecule has 0 heterocycles. The zero-order valence-electron chi connectivity index (χ0n) is 3.82. The van der Waals surface area contributed by atoms with E-state index in [1.165, 1.54) is 0 Å². The summed E-state index contributed by atoms with van der Waals surface area (Å²) in [4.78, 5) is 8.56. The molecule has 0 atom stereocenters. The molecular formula is CH5CaIMnO6. The van der Waals surface area contributed by atoms with Gasteiger partial charge < -0.3 is 17.1 Å². The van der Waals surface area contributed by atoms with E-state index in [4.69, 9.17) is 25.3 Å². The van der Waals surface area contributed by atoms with Gasteiger partial charge in [-0.1, -0.05) is 0 Å².